The first-order valence-electron chi connectivity index (χ1n) is 12.3. The molecule has 0 unspecified atom stereocenters. The number of carbonyl (C=O) groups excluding carboxylic acids is 2. The van der Waals surface area contributed by atoms with Gasteiger partial charge in [0.15, 0.2) is 0 Å². The first-order chi connectivity index (χ1) is 18.8. The largest absolute Gasteiger partial charge is 0.354 e. The molecule has 2 amide bonds. The van der Waals surface area contributed by atoms with Crippen LogP contribution >= 0.6 is 34.8 Å². The number of anilines is 1. The van der Waals surface area contributed by atoms with Gasteiger partial charge in [0.1, 0.15) is 18.4 Å². The Balaban J connectivity index is 2.04. The van der Waals surface area contributed by atoms with E-state index < -0.39 is 40.2 Å². The van der Waals surface area contributed by atoms with Gasteiger partial charge in [-0.05, 0) is 60.9 Å². The Morgan fingerprint density at radius 2 is 1.57 bits per heavy atom. The van der Waals surface area contributed by atoms with Gasteiger partial charge in [0.05, 0.1) is 25.7 Å². The molecule has 1 N–H and O–H groups in total. The maximum Gasteiger partial charge on any atom is 0.264 e. The molecule has 0 aliphatic heterocycles. The van der Waals surface area contributed by atoms with Crippen molar-refractivity contribution in [3.63, 3.8) is 0 Å². The molecule has 0 aliphatic carbocycles. The summed E-state index contributed by atoms with van der Waals surface area (Å²) >= 11 is 18.2. The summed E-state index contributed by atoms with van der Waals surface area (Å²) in [6, 6.07) is 14.7. The molecule has 0 spiro atoms. The molecule has 0 aliphatic rings. The number of benzene rings is 3. The fourth-order valence-electron chi connectivity index (χ4n) is 3.76. The second-order valence-corrected chi connectivity index (χ2v) is 12.6. The molecule has 214 valence electrons. The summed E-state index contributed by atoms with van der Waals surface area (Å²) in [6.45, 7) is 5.06. The van der Waals surface area contributed by atoms with Gasteiger partial charge in [0.25, 0.3) is 10.0 Å². The summed E-state index contributed by atoms with van der Waals surface area (Å²) in [5.41, 5.74) is 0.559. The van der Waals surface area contributed by atoms with Gasteiger partial charge in [-0.25, -0.2) is 12.8 Å². The first kappa shape index (κ1) is 31.7. The first-order valence-corrected chi connectivity index (χ1v) is 14.9. The number of hydrogen-bond acceptors (Lipinski definition) is 4. The predicted molar refractivity (Wildman–Crippen MR) is 157 cm³/mol. The fraction of sp³-hybridized carbons (Fsp3) is 0.286. The lowest BCUT2D eigenvalue weighted by molar-refractivity contribution is -0.139. The summed E-state index contributed by atoms with van der Waals surface area (Å²) in [5.74, 6) is -1.67. The van der Waals surface area contributed by atoms with Crippen molar-refractivity contribution in [1.82, 2.24) is 10.2 Å². The minimum Gasteiger partial charge on any atom is -0.354 e. The lowest BCUT2D eigenvalue weighted by Gasteiger charge is -2.32. The van der Waals surface area contributed by atoms with E-state index in [9.17, 15) is 22.4 Å². The van der Waals surface area contributed by atoms with Crippen molar-refractivity contribution >= 4 is 62.3 Å². The molecule has 0 bridgehead atoms. The Bertz CT molecular complexity index is 1470. The lowest BCUT2D eigenvalue weighted by Crippen LogP contribution is -2.51. The number of nitrogens with zero attached hydrogens (tertiary/aromatic N) is 2. The van der Waals surface area contributed by atoms with E-state index >= 15 is 0 Å². The second kappa shape index (κ2) is 13.7. The van der Waals surface area contributed by atoms with Gasteiger partial charge in [-0.15, -0.1) is 0 Å². The molecule has 0 saturated carbocycles. The zero-order valence-corrected chi connectivity index (χ0v) is 25.2. The van der Waals surface area contributed by atoms with Crippen molar-refractivity contribution in [1.29, 1.82) is 0 Å². The van der Waals surface area contributed by atoms with E-state index in [0.717, 1.165) is 16.4 Å². The van der Waals surface area contributed by atoms with Crippen LogP contribution < -0.4 is 9.62 Å². The smallest absolute Gasteiger partial charge is 0.264 e. The maximum atomic E-state index is 14.0. The molecule has 12 heteroatoms. The van der Waals surface area contributed by atoms with E-state index in [1.807, 2.05) is 13.8 Å². The van der Waals surface area contributed by atoms with Crippen molar-refractivity contribution < 1.29 is 22.4 Å². The molecule has 0 aromatic heterocycles. The molecule has 0 heterocycles. The Labute approximate surface area is 248 Å². The van der Waals surface area contributed by atoms with E-state index in [1.165, 1.54) is 23.1 Å². The van der Waals surface area contributed by atoms with E-state index in [0.29, 0.717) is 17.1 Å². The molecular formula is C28H29Cl3FN3O4S. The Hall–Kier alpha value is -2.85. The van der Waals surface area contributed by atoms with Crippen molar-refractivity contribution in [2.75, 3.05) is 17.4 Å². The van der Waals surface area contributed by atoms with Crippen molar-refractivity contribution in [3.05, 3.63) is 93.2 Å². The lowest BCUT2D eigenvalue weighted by atomic mass is 10.1. The maximum absolute atomic E-state index is 14.0. The number of sulfonamides is 1. The van der Waals surface area contributed by atoms with E-state index in [-0.39, 0.29) is 33.1 Å². The zero-order chi connectivity index (χ0) is 29.6. The highest BCUT2D eigenvalue weighted by molar-refractivity contribution is 7.92. The molecule has 0 fully saturated rings. The average molecular weight is 629 g/mol. The third kappa shape index (κ3) is 7.87. The second-order valence-electron chi connectivity index (χ2n) is 9.51. The predicted octanol–water partition coefficient (Wildman–Crippen LogP) is 6.17. The number of carbonyl (C=O) groups is 2. The number of nitrogens with one attached hydrogen (secondary N) is 1. The topological polar surface area (TPSA) is 86.8 Å². The Kier molecular flexibility index (Phi) is 10.8. The summed E-state index contributed by atoms with van der Waals surface area (Å²) < 4.78 is 42.2. The molecule has 40 heavy (non-hydrogen) atoms. The van der Waals surface area contributed by atoms with Crippen LogP contribution in [0, 0.1) is 11.7 Å². The third-order valence-corrected chi connectivity index (χ3v) is 8.81. The van der Waals surface area contributed by atoms with Crippen LogP contribution in [-0.4, -0.2) is 44.3 Å². The molecule has 3 aromatic rings. The molecule has 3 rings (SSSR count). The number of hydrogen-bond donors (Lipinski definition) is 1. The average Bonchev–Trinajstić information content (AvgIpc) is 2.92. The van der Waals surface area contributed by atoms with Crippen LogP contribution in [0.2, 0.25) is 15.1 Å². The summed E-state index contributed by atoms with van der Waals surface area (Å²) in [4.78, 5) is 28.1. The molecule has 3 aromatic carbocycles. The highest BCUT2D eigenvalue weighted by Crippen LogP contribution is 2.29. The minimum atomic E-state index is -4.30. The number of amides is 2. The van der Waals surface area contributed by atoms with E-state index in [2.05, 4.69) is 5.32 Å². The van der Waals surface area contributed by atoms with Crippen LogP contribution in [0.3, 0.4) is 0 Å². The van der Waals surface area contributed by atoms with Gasteiger partial charge in [0.2, 0.25) is 11.8 Å². The minimum absolute atomic E-state index is 0.0185. The van der Waals surface area contributed by atoms with Gasteiger partial charge in [-0.3, -0.25) is 13.9 Å². The van der Waals surface area contributed by atoms with Crippen LogP contribution in [0.25, 0.3) is 0 Å². The fourth-order valence-corrected chi connectivity index (χ4v) is 5.68. The summed E-state index contributed by atoms with van der Waals surface area (Å²) in [6.07, 6.45) is 0. The molecular weight excluding hydrogens is 600 g/mol. The standard InChI is InChI=1S/C28H29Cl3FN3O4S/c1-18(2)15-33-28(37)19(3)34(16-20-9-11-23(29)24(30)13-20)27(36)17-35(21-10-12-26(32)25(31)14-21)40(38,39)22-7-5-4-6-8-22/h4-14,18-19H,15-17H2,1-3H3,(H,33,37)/t19-/m1/s1. The van der Waals surface area contributed by atoms with Crippen LogP contribution in [-0.2, 0) is 26.2 Å². The van der Waals surface area contributed by atoms with Crippen molar-refractivity contribution in [2.45, 2.75) is 38.3 Å². The number of halogens is 4. The zero-order valence-electron chi connectivity index (χ0n) is 22.1. The van der Waals surface area contributed by atoms with Gasteiger partial charge in [0, 0.05) is 13.1 Å². The van der Waals surface area contributed by atoms with Gasteiger partial charge in [-0.1, -0.05) is 72.9 Å². The monoisotopic (exact) mass is 627 g/mol. The third-order valence-electron chi connectivity index (χ3n) is 5.99. The van der Waals surface area contributed by atoms with Crippen LogP contribution in [0.1, 0.15) is 26.3 Å². The van der Waals surface area contributed by atoms with E-state index in [4.69, 9.17) is 34.8 Å². The van der Waals surface area contributed by atoms with Crippen molar-refractivity contribution in [3.8, 4) is 0 Å². The Morgan fingerprint density at radius 1 is 0.900 bits per heavy atom. The molecule has 7 nitrogen and oxygen atoms in total. The van der Waals surface area contributed by atoms with Gasteiger partial charge < -0.3 is 10.2 Å². The Morgan fingerprint density at radius 3 is 2.17 bits per heavy atom. The van der Waals surface area contributed by atoms with Crippen LogP contribution in [0.4, 0.5) is 10.1 Å². The normalized spacial score (nSPS) is 12.2. The number of rotatable bonds is 11. The highest BCUT2D eigenvalue weighted by Gasteiger charge is 2.33. The summed E-state index contributed by atoms with van der Waals surface area (Å²) in [7, 11) is -4.30. The van der Waals surface area contributed by atoms with Crippen LogP contribution in [0.5, 0.6) is 0 Å². The SMILES string of the molecule is CC(C)CNC(=O)[C@@H](C)N(Cc1ccc(Cl)c(Cl)c1)C(=O)CN(c1ccc(F)c(Cl)c1)S(=O)(=O)c1ccccc1. The highest BCUT2D eigenvalue weighted by atomic mass is 35.5. The van der Waals surface area contributed by atoms with Crippen LogP contribution in [0.15, 0.2) is 71.6 Å². The quantitative estimate of drug-likeness (QED) is 0.275. The van der Waals surface area contributed by atoms with Gasteiger partial charge in [-0.2, -0.15) is 0 Å². The molecule has 1 atom stereocenters. The molecule has 0 radical (unpaired) electrons. The van der Waals surface area contributed by atoms with E-state index in [1.54, 1.807) is 43.3 Å². The van der Waals surface area contributed by atoms with Crippen molar-refractivity contribution in [2.24, 2.45) is 5.92 Å². The van der Waals surface area contributed by atoms with Gasteiger partial charge >= 0.3 is 0 Å². The summed E-state index contributed by atoms with van der Waals surface area (Å²) in [5, 5.41) is 3.08. The molecule has 0 saturated heterocycles.